The second-order valence-electron chi connectivity index (χ2n) is 5.76. The Morgan fingerprint density at radius 2 is 2.00 bits per heavy atom. The van der Waals surface area contributed by atoms with Crippen LogP contribution >= 0.6 is 22.9 Å². The summed E-state index contributed by atoms with van der Waals surface area (Å²) in [5.74, 6) is -1.01. The smallest absolute Gasteiger partial charge is 0.259 e. The van der Waals surface area contributed by atoms with Crippen molar-refractivity contribution in [3.05, 3.63) is 58.2 Å². The highest BCUT2D eigenvalue weighted by Gasteiger charge is 2.17. The van der Waals surface area contributed by atoms with Crippen LogP contribution in [0, 0.1) is 5.82 Å². The number of methoxy groups -OCH3 is 1. The van der Waals surface area contributed by atoms with E-state index in [9.17, 15) is 17.6 Å². The minimum absolute atomic E-state index is 0.0110. The first kappa shape index (κ1) is 20.2. The van der Waals surface area contributed by atoms with Gasteiger partial charge in [-0.15, -0.1) is 11.3 Å². The molecule has 3 rings (SSSR count). The van der Waals surface area contributed by atoms with Crippen molar-refractivity contribution in [1.29, 1.82) is 0 Å². The van der Waals surface area contributed by atoms with E-state index in [1.54, 1.807) is 11.4 Å². The van der Waals surface area contributed by atoms with Gasteiger partial charge in [0, 0.05) is 17.2 Å². The van der Waals surface area contributed by atoms with Gasteiger partial charge in [-0.1, -0.05) is 11.6 Å². The van der Waals surface area contributed by atoms with Gasteiger partial charge < -0.3 is 4.74 Å². The van der Waals surface area contributed by atoms with E-state index in [4.69, 9.17) is 16.3 Å². The summed E-state index contributed by atoms with van der Waals surface area (Å²) in [6.45, 7) is 0. The van der Waals surface area contributed by atoms with Crippen LogP contribution in [-0.4, -0.2) is 32.7 Å². The van der Waals surface area contributed by atoms with E-state index in [1.807, 2.05) is 0 Å². The Morgan fingerprint density at radius 3 is 2.64 bits per heavy atom. The number of ether oxygens (including phenoxy) is 1. The Bertz CT molecular complexity index is 1160. The number of nitrogens with zero attached hydrogens (tertiary/aromatic N) is 1. The molecule has 6 nitrogen and oxygen atoms in total. The SMILES string of the molecule is COc1ccc(-c2csc(NC(=O)c3cc(S(C)(=O)=O)ccc3Cl)n2)cc1F. The van der Waals surface area contributed by atoms with E-state index in [2.05, 4.69) is 10.3 Å². The predicted molar refractivity (Wildman–Crippen MR) is 107 cm³/mol. The number of nitrogens with one attached hydrogen (secondary N) is 1. The fourth-order valence-electron chi connectivity index (χ4n) is 2.36. The van der Waals surface area contributed by atoms with E-state index in [-0.39, 0.29) is 26.4 Å². The number of carbonyl (C=O) groups is 1. The standard InChI is InChI=1S/C18H14ClFN2O4S2/c1-26-16-6-3-10(7-14(16)20)15-9-27-18(21-15)22-17(23)12-8-11(28(2,24)25)4-5-13(12)19/h3-9H,1-2H3,(H,21,22,23). The molecule has 0 spiro atoms. The van der Waals surface area contributed by atoms with Crippen molar-refractivity contribution in [3.8, 4) is 17.0 Å². The van der Waals surface area contributed by atoms with Gasteiger partial charge in [0.25, 0.3) is 5.91 Å². The number of thiazole rings is 1. The quantitative estimate of drug-likeness (QED) is 0.640. The summed E-state index contributed by atoms with van der Waals surface area (Å²) in [5, 5.41) is 4.61. The molecule has 1 heterocycles. The van der Waals surface area contributed by atoms with E-state index < -0.39 is 21.6 Å². The third-order valence-corrected chi connectivity index (χ3v) is 5.98. The second kappa shape index (κ2) is 7.86. The highest BCUT2D eigenvalue weighted by atomic mass is 35.5. The third kappa shape index (κ3) is 4.32. The molecule has 0 bridgehead atoms. The molecule has 0 saturated carbocycles. The average molecular weight is 441 g/mol. The highest BCUT2D eigenvalue weighted by molar-refractivity contribution is 7.90. The first-order chi connectivity index (χ1) is 13.2. The van der Waals surface area contributed by atoms with Gasteiger partial charge in [-0.05, 0) is 36.4 Å². The van der Waals surface area contributed by atoms with E-state index in [1.165, 1.54) is 37.4 Å². The Labute approximate surface area is 169 Å². The average Bonchev–Trinajstić information content (AvgIpc) is 3.09. The lowest BCUT2D eigenvalue weighted by Gasteiger charge is -2.06. The van der Waals surface area contributed by atoms with Crippen LogP contribution in [0.1, 0.15) is 10.4 Å². The predicted octanol–water partition coefficient (Wildman–Crippen LogP) is 4.27. The molecule has 1 amide bonds. The zero-order valence-electron chi connectivity index (χ0n) is 14.7. The number of amides is 1. The number of aromatic nitrogens is 1. The molecule has 0 aliphatic carbocycles. The van der Waals surface area contributed by atoms with Crippen LogP contribution in [0.3, 0.4) is 0 Å². The number of carbonyl (C=O) groups excluding carboxylic acids is 1. The van der Waals surface area contributed by atoms with Crippen molar-refractivity contribution < 1.29 is 22.3 Å². The van der Waals surface area contributed by atoms with Crippen LogP contribution in [0.5, 0.6) is 5.75 Å². The molecule has 0 atom stereocenters. The molecule has 0 saturated heterocycles. The fourth-order valence-corrected chi connectivity index (χ4v) is 3.93. The van der Waals surface area contributed by atoms with E-state index in [0.717, 1.165) is 17.6 Å². The topological polar surface area (TPSA) is 85.4 Å². The van der Waals surface area contributed by atoms with Gasteiger partial charge in [0.15, 0.2) is 26.5 Å². The van der Waals surface area contributed by atoms with Crippen molar-refractivity contribution in [2.75, 3.05) is 18.7 Å². The number of halogens is 2. The minimum Gasteiger partial charge on any atom is -0.494 e. The van der Waals surface area contributed by atoms with Gasteiger partial charge in [0.2, 0.25) is 0 Å². The van der Waals surface area contributed by atoms with Gasteiger partial charge in [0.1, 0.15) is 0 Å². The number of anilines is 1. The Hall–Kier alpha value is -2.49. The van der Waals surface area contributed by atoms with Crippen LogP contribution in [0.4, 0.5) is 9.52 Å². The maximum absolute atomic E-state index is 13.9. The first-order valence-electron chi connectivity index (χ1n) is 7.79. The minimum atomic E-state index is -3.49. The molecule has 0 radical (unpaired) electrons. The Kier molecular flexibility index (Phi) is 5.69. The number of sulfone groups is 1. The molecule has 0 fully saturated rings. The molecule has 3 aromatic rings. The van der Waals surface area contributed by atoms with Crippen molar-refractivity contribution >= 4 is 43.8 Å². The van der Waals surface area contributed by atoms with Crippen LogP contribution in [-0.2, 0) is 9.84 Å². The molecule has 146 valence electrons. The zero-order chi connectivity index (χ0) is 20.5. The lowest BCUT2D eigenvalue weighted by Crippen LogP contribution is -2.13. The Morgan fingerprint density at radius 1 is 1.25 bits per heavy atom. The van der Waals surface area contributed by atoms with Gasteiger partial charge in [-0.3, -0.25) is 10.1 Å². The molecule has 1 N–H and O–H groups in total. The Balaban J connectivity index is 1.84. The van der Waals surface area contributed by atoms with E-state index >= 15 is 0 Å². The summed E-state index contributed by atoms with van der Waals surface area (Å²) in [4.78, 5) is 16.7. The number of hydrogen-bond donors (Lipinski definition) is 1. The highest BCUT2D eigenvalue weighted by Crippen LogP contribution is 2.29. The number of benzene rings is 2. The van der Waals surface area contributed by atoms with Crippen LogP contribution in [0.15, 0.2) is 46.7 Å². The molecule has 1 aromatic heterocycles. The number of rotatable bonds is 5. The normalized spacial score (nSPS) is 11.3. The molecule has 10 heteroatoms. The largest absolute Gasteiger partial charge is 0.494 e. The summed E-state index contributed by atoms with van der Waals surface area (Å²) in [5.41, 5.74) is 1.00. The summed E-state index contributed by atoms with van der Waals surface area (Å²) < 4.78 is 42.1. The lowest BCUT2D eigenvalue weighted by atomic mass is 10.1. The summed E-state index contributed by atoms with van der Waals surface area (Å²) in [7, 11) is -2.11. The fraction of sp³-hybridized carbons (Fsp3) is 0.111. The third-order valence-electron chi connectivity index (χ3n) is 3.78. The van der Waals surface area contributed by atoms with Gasteiger partial charge in [0.05, 0.1) is 28.3 Å². The second-order valence-corrected chi connectivity index (χ2v) is 9.04. The summed E-state index contributed by atoms with van der Waals surface area (Å²) >= 11 is 7.17. The van der Waals surface area contributed by atoms with Crippen molar-refractivity contribution in [1.82, 2.24) is 4.98 Å². The maximum atomic E-state index is 13.9. The number of hydrogen-bond acceptors (Lipinski definition) is 6. The van der Waals surface area contributed by atoms with Crippen LogP contribution in [0.2, 0.25) is 5.02 Å². The monoisotopic (exact) mass is 440 g/mol. The molecule has 0 aliphatic heterocycles. The van der Waals surface area contributed by atoms with Gasteiger partial charge >= 0.3 is 0 Å². The first-order valence-corrected chi connectivity index (χ1v) is 10.9. The van der Waals surface area contributed by atoms with Crippen molar-refractivity contribution in [2.45, 2.75) is 4.90 Å². The molecule has 2 aromatic carbocycles. The van der Waals surface area contributed by atoms with E-state index in [0.29, 0.717) is 11.3 Å². The zero-order valence-corrected chi connectivity index (χ0v) is 17.1. The molecular weight excluding hydrogens is 427 g/mol. The van der Waals surface area contributed by atoms with Gasteiger partial charge in [-0.25, -0.2) is 17.8 Å². The molecule has 0 unspecified atom stereocenters. The molecule has 0 aliphatic rings. The van der Waals surface area contributed by atoms with Crippen LogP contribution in [0.25, 0.3) is 11.3 Å². The molecular formula is C18H14ClFN2O4S2. The summed E-state index contributed by atoms with van der Waals surface area (Å²) in [6.07, 6.45) is 1.04. The van der Waals surface area contributed by atoms with Crippen molar-refractivity contribution in [3.63, 3.8) is 0 Å². The van der Waals surface area contributed by atoms with Crippen molar-refractivity contribution in [2.24, 2.45) is 0 Å². The maximum Gasteiger partial charge on any atom is 0.259 e. The molecule has 28 heavy (non-hydrogen) atoms. The van der Waals surface area contributed by atoms with Gasteiger partial charge in [-0.2, -0.15) is 0 Å². The summed E-state index contributed by atoms with van der Waals surface area (Å²) in [6, 6.07) is 8.30. The lowest BCUT2D eigenvalue weighted by molar-refractivity contribution is 0.102. The van der Waals surface area contributed by atoms with Crippen LogP contribution < -0.4 is 10.1 Å².